The summed E-state index contributed by atoms with van der Waals surface area (Å²) in [4.78, 5) is 35.9. The Hall–Kier alpha value is -4.13. The summed E-state index contributed by atoms with van der Waals surface area (Å²) in [6.45, 7) is 1.57. The van der Waals surface area contributed by atoms with Gasteiger partial charge in [0, 0.05) is 24.7 Å². The molecule has 0 aliphatic heterocycles. The molecule has 32 heavy (non-hydrogen) atoms. The third-order valence-electron chi connectivity index (χ3n) is 4.52. The van der Waals surface area contributed by atoms with Gasteiger partial charge in [-0.1, -0.05) is 30.3 Å². The molecule has 0 radical (unpaired) electrons. The van der Waals surface area contributed by atoms with E-state index in [1.165, 1.54) is 13.0 Å². The fourth-order valence-corrected chi connectivity index (χ4v) is 3.08. The van der Waals surface area contributed by atoms with E-state index in [0.29, 0.717) is 22.7 Å². The van der Waals surface area contributed by atoms with Crippen molar-refractivity contribution >= 4 is 23.5 Å². The number of benzene rings is 3. The molecule has 7 nitrogen and oxygen atoms in total. The molecule has 3 aromatic carbocycles. The maximum atomic E-state index is 12.4. The van der Waals surface area contributed by atoms with Crippen LogP contribution in [0.1, 0.15) is 28.4 Å². The number of rotatable bonds is 8. The summed E-state index contributed by atoms with van der Waals surface area (Å²) < 4.78 is 10.2. The van der Waals surface area contributed by atoms with Crippen LogP contribution in [-0.2, 0) is 22.6 Å². The van der Waals surface area contributed by atoms with Gasteiger partial charge in [-0.25, -0.2) is 0 Å². The van der Waals surface area contributed by atoms with Gasteiger partial charge in [-0.05, 0) is 53.6 Å². The molecule has 164 valence electrons. The Morgan fingerprint density at radius 1 is 0.844 bits per heavy atom. The summed E-state index contributed by atoms with van der Waals surface area (Å²) >= 11 is 0. The highest BCUT2D eigenvalue weighted by Gasteiger charge is 2.09. The highest BCUT2D eigenvalue weighted by molar-refractivity contribution is 5.95. The lowest BCUT2D eigenvalue weighted by Gasteiger charge is -2.10. The van der Waals surface area contributed by atoms with Gasteiger partial charge in [-0.3, -0.25) is 14.4 Å². The molecule has 0 spiro atoms. The number of ether oxygens (including phenoxy) is 2. The van der Waals surface area contributed by atoms with E-state index in [2.05, 4.69) is 10.6 Å². The zero-order valence-electron chi connectivity index (χ0n) is 17.9. The zero-order valence-corrected chi connectivity index (χ0v) is 17.9. The summed E-state index contributed by atoms with van der Waals surface area (Å²) in [5.74, 6) is 0.110. The minimum absolute atomic E-state index is 0.151. The number of carbonyl (C=O) groups excluding carboxylic acids is 3. The normalized spacial score (nSPS) is 10.2. The molecule has 0 saturated carbocycles. The Balaban J connectivity index is 1.57. The molecule has 2 amide bonds. The van der Waals surface area contributed by atoms with Crippen molar-refractivity contribution < 1.29 is 23.9 Å². The van der Waals surface area contributed by atoms with Crippen molar-refractivity contribution in [3.05, 3.63) is 89.5 Å². The Labute approximate surface area is 186 Å². The van der Waals surface area contributed by atoms with Crippen molar-refractivity contribution in [3.63, 3.8) is 0 Å². The summed E-state index contributed by atoms with van der Waals surface area (Å²) in [6.07, 6.45) is 0.219. The molecule has 0 aromatic heterocycles. The van der Waals surface area contributed by atoms with E-state index in [4.69, 9.17) is 9.47 Å². The predicted octanol–water partition coefficient (Wildman–Crippen LogP) is 3.73. The Morgan fingerprint density at radius 3 is 2.34 bits per heavy atom. The first-order valence-corrected chi connectivity index (χ1v) is 10.0. The lowest BCUT2D eigenvalue weighted by molar-refractivity contribution is -0.131. The molecule has 7 heteroatoms. The molecule has 0 bridgehead atoms. The number of anilines is 1. The fraction of sp³-hybridized carbons (Fsp3) is 0.160. The van der Waals surface area contributed by atoms with Gasteiger partial charge in [0.05, 0.1) is 13.5 Å². The van der Waals surface area contributed by atoms with Crippen LogP contribution in [0, 0.1) is 0 Å². The van der Waals surface area contributed by atoms with E-state index in [0.717, 1.165) is 11.1 Å². The third-order valence-corrected chi connectivity index (χ3v) is 4.52. The average Bonchev–Trinajstić information content (AvgIpc) is 2.77. The molecule has 0 aliphatic rings. The van der Waals surface area contributed by atoms with Gasteiger partial charge in [-0.15, -0.1) is 0 Å². The molecule has 3 aromatic rings. The summed E-state index contributed by atoms with van der Waals surface area (Å²) in [5.41, 5.74) is 2.70. The van der Waals surface area contributed by atoms with Crippen LogP contribution in [-0.4, -0.2) is 24.9 Å². The Bertz CT molecular complexity index is 1130. The minimum atomic E-state index is -0.451. The van der Waals surface area contributed by atoms with Crippen molar-refractivity contribution in [1.82, 2.24) is 5.32 Å². The largest absolute Gasteiger partial charge is 0.497 e. The molecule has 0 saturated heterocycles. The van der Waals surface area contributed by atoms with Crippen molar-refractivity contribution in [1.29, 1.82) is 0 Å². The van der Waals surface area contributed by atoms with Gasteiger partial charge in [0.15, 0.2) is 0 Å². The van der Waals surface area contributed by atoms with Crippen LogP contribution < -0.4 is 20.1 Å². The van der Waals surface area contributed by atoms with E-state index in [1.54, 1.807) is 37.4 Å². The van der Waals surface area contributed by atoms with Crippen molar-refractivity contribution in [3.8, 4) is 11.5 Å². The first kappa shape index (κ1) is 22.6. The second-order valence-electron chi connectivity index (χ2n) is 7.08. The quantitative estimate of drug-likeness (QED) is 0.418. The molecule has 2 N–H and O–H groups in total. The van der Waals surface area contributed by atoms with Gasteiger partial charge < -0.3 is 20.1 Å². The molecular weight excluding hydrogens is 408 g/mol. The van der Waals surface area contributed by atoms with E-state index >= 15 is 0 Å². The number of carbonyl (C=O) groups is 3. The van der Waals surface area contributed by atoms with E-state index < -0.39 is 5.97 Å². The standard InChI is InChI=1S/C25H24N2O5/c1-17(28)32-23-11-5-8-20(15-23)25(30)26-16-19-7-3-9-21(12-19)27-24(29)14-18-6-4-10-22(13-18)31-2/h3-13,15H,14,16H2,1-2H3,(H,26,30)(H,27,29). The Kier molecular flexibility index (Phi) is 7.59. The van der Waals surface area contributed by atoms with E-state index in [1.807, 2.05) is 36.4 Å². The van der Waals surface area contributed by atoms with Crippen LogP contribution in [0.15, 0.2) is 72.8 Å². The van der Waals surface area contributed by atoms with Crippen LogP contribution in [0.25, 0.3) is 0 Å². The minimum Gasteiger partial charge on any atom is -0.497 e. The zero-order chi connectivity index (χ0) is 22.9. The summed E-state index contributed by atoms with van der Waals surface area (Å²) in [7, 11) is 1.58. The lowest BCUT2D eigenvalue weighted by atomic mass is 10.1. The molecule has 0 atom stereocenters. The SMILES string of the molecule is COc1cccc(CC(=O)Nc2cccc(CNC(=O)c3cccc(OC(C)=O)c3)c2)c1. The van der Waals surface area contributed by atoms with E-state index in [-0.39, 0.29) is 24.8 Å². The number of methoxy groups -OCH3 is 1. The second kappa shape index (κ2) is 10.8. The molecule has 0 aliphatic carbocycles. The van der Waals surface area contributed by atoms with Crippen LogP contribution in [0.5, 0.6) is 11.5 Å². The Morgan fingerprint density at radius 2 is 1.56 bits per heavy atom. The van der Waals surface area contributed by atoms with Crippen molar-refractivity contribution in [2.75, 3.05) is 12.4 Å². The first-order valence-electron chi connectivity index (χ1n) is 10.0. The van der Waals surface area contributed by atoms with Gasteiger partial charge in [-0.2, -0.15) is 0 Å². The van der Waals surface area contributed by atoms with Gasteiger partial charge >= 0.3 is 5.97 Å². The average molecular weight is 432 g/mol. The monoisotopic (exact) mass is 432 g/mol. The molecule has 0 fully saturated rings. The van der Waals surface area contributed by atoms with Crippen LogP contribution >= 0.6 is 0 Å². The first-order chi connectivity index (χ1) is 15.4. The number of amides is 2. The molecule has 3 rings (SSSR count). The van der Waals surface area contributed by atoms with Crippen molar-refractivity contribution in [2.24, 2.45) is 0 Å². The number of hydrogen-bond acceptors (Lipinski definition) is 5. The lowest BCUT2D eigenvalue weighted by Crippen LogP contribution is -2.23. The maximum Gasteiger partial charge on any atom is 0.308 e. The van der Waals surface area contributed by atoms with Crippen LogP contribution in [0.3, 0.4) is 0 Å². The predicted molar refractivity (Wildman–Crippen MR) is 121 cm³/mol. The number of nitrogens with one attached hydrogen (secondary N) is 2. The summed E-state index contributed by atoms with van der Waals surface area (Å²) in [6, 6.07) is 21.0. The highest BCUT2D eigenvalue weighted by Crippen LogP contribution is 2.16. The molecule has 0 unspecified atom stereocenters. The van der Waals surface area contributed by atoms with Crippen molar-refractivity contribution in [2.45, 2.75) is 19.9 Å². The maximum absolute atomic E-state index is 12.4. The van der Waals surface area contributed by atoms with Crippen LogP contribution in [0.4, 0.5) is 5.69 Å². The number of hydrogen-bond donors (Lipinski definition) is 2. The number of esters is 1. The highest BCUT2D eigenvalue weighted by atomic mass is 16.5. The van der Waals surface area contributed by atoms with Gasteiger partial charge in [0.25, 0.3) is 5.91 Å². The van der Waals surface area contributed by atoms with Gasteiger partial charge in [0.1, 0.15) is 11.5 Å². The summed E-state index contributed by atoms with van der Waals surface area (Å²) in [5, 5.41) is 5.70. The fourth-order valence-electron chi connectivity index (χ4n) is 3.08. The topological polar surface area (TPSA) is 93.7 Å². The molecule has 0 heterocycles. The van der Waals surface area contributed by atoms with Gasteiger partial charge in [0.2, 0.25) is 5.91 Å². The third kappa shape index (κ3) is 6.70. The van der Waals surface area contributed by atoms with Crippen LogP contribution in [0.2, 0.25) is 0 Å². The van der Waals surface area contributed by atoms with E-state index in [9.17, 15) is 14.4 Å². The second-order valence-corrected chi connectivity index (χ2v) is 7.08. The smallest absolute Gasteiger partial charge is 0.308 e. The molecular formula is C25H24N2O5.